The number of alkyl halides is 3. The second-order valence-corrected chi connectivity index (χ2v) is 4.62. The summed E-state index contributed by atoms with van der Waals surface area (Å²) in [7, 11) is 3.15. The lowest BCUT2D eigenvalue weighted by Crippen LogP contribution is -2.28. The zero-order chi connectivity index (χ0) is 15.3. The maximum atomic E-state index is 12.2. The summed E-state index contributed by atoms with van der Waals surface area (Å²) in [4.78, 5) is 12.8. The van der Waals surface area contributed by atoms with Gasteiger partial charge in [0, 0.05) is 25.2 Å². The summed E-state index contributed by atoms with van der Waals surface area (Å²) in [5, 5.41) is 2.96. The largest absolute Gasteiger partial charge is 0.482 e. The third kappa shape index (κ3) is 5.56. The molecule has 1 aromatic rings. The molecule has 0 radical (unpaired) electrons. The van der Waals surface area contributed by atoms with E-state index in [1.165, 1.54) is 23.1 Å². The van der Waals surface area contributed by atoms with E-state index in [4.69, 9.17) is 11.6 Å². The minimum absolute atomic E-state index is 0.0543. The Hall–Kier alpha value is -1.63. The lowest BCUT2D eigenvalue weighted by Gasteiger charge is -2.16. The van der Waals surface area contributed by atoms with E-state index in [2.05, 4.69) is 10.1 Å². The smallest absolute Gasteiger partial charge is 0.422 e. The average molecular weight is 311 g/mol. The van der Waals surface area contributed by atoms with E-state index >= 15 is 0 Å². The average Bonchev–Trinajstić information content (AvgIpc) is 2.33. The van der Waals surface area contributed by atoms with E-state index in [1.807, 2.05) is 0 Å². The first-order valence-corrected chi connectivity index (χ1v) is 6.00. The molecule has 0 aliphatic carbocycles. The van der Waals surface area contributed by atoms with E-state index in [-0.39, 0.29) is 28.9 Å². The fraction of sp³-hybridized carbons (Fsp3) is 0.417. The van der Waals surface area contributed by atoms with Crippen LogP contribution in [0.1, 0.15) is 0 Å². The topological polar surface area (TPSA) is 41.6 Å². The van der Waals surface area contributed by atoms with Gasteiger partial charge in [0.25, 0.3) is 0 Å². The molecule has 0 spiro atoms. The highest BCUT2D eigenvalue weighted by molar-refractivity contribution is 6.30. The predicted octanol–water partition coefficient (Wildman–Crippen LogP) is 2.78. The van der Waals surface area contributed by atoms with Gasteiger partial charge in [0.15, 0.2) is 6.61 Å². The van der Waals surface area contributed by atoms with Crippen molar-refractivity contribution in [1.82, 2.24) is 4.90 Å². The molecule has 1 amide bonds. The highest BCUT2D eigenvalue weighted by atomic mass is 35.5. The van der Waals surface area contributed by atoms with Crippen molar-refractivity contribution in [2.75, 3.05) is 32.6 Å². The molecule has 0 aliphatic heterocycles. The van der Waals surface area contributed by atoms with E-state index in [0.717, 1.165) is 0 Å². The van der Waals surface area contributed by atoms with Crippen molar-refractivity contribution in [3.05, 3.63) is 23.2 Å². The van der Waals surface area contributed by atoms with Crippen molar-refractivity contribution >= 4 is 23.2 Å². The first-order valence-electron chi connectivity index (χ1n) is 5.62. The van der Waals surface area contributed by atoms with E-state index in [0.29, 0.717) is 0 Å². The van der Waals surface area contributed by atoms with E-state index in [1.54, 1.807) is 14.1 Å². The molecule has 4 nitrogen and oxygen atoms in total. The number of anilines is 1. The second-order valence-electron chi connectivity index (χ2n) is 4.19. The van der Waals surface area contributed by atoms with Crippen LogP contribution in [0.3, 0.4) is 0 Å². The first kappa shape index (κ1) is 16.4. The van der Waals surface area contributed by atoms with Crippen LogP contribution in [-0.4, -0.2) is 44.2 Å². The van der Waals surface area contributed by atoms with Gasteiger partial charge in [0.1, 0.15) is 5.75 Å². The highest BCUT2D eigenvalue weighted by Gasteiger charge is 2.28. The Morgan fingerprint density at radius 2 is 2.05 bits per heavy atom. The number of benzene rings is 1. The quantitative estimate of drug-likeness (QED) is 0.909. The van der Waals surface area contributed by atoms with Crippen molar-refractivity contribution in [3.8, 4) is 5.75 Å². The Morgan fingerprint density at radius 3 is 2.60 bits per heavy atom. The van der Waals surface area contributed by atoms with Crippen LogP contribution in [0, 0.1) is 0 Å². The molecule has 0 aromatic heterocycles. The summed E-state index contributed by atoms with van der Waals surface area (Å²) in [6, 6.07) is 4.21. The molecular weight excluding hydrogens is 297 g/mol. The van der Waals surface area contributed by atoms with Gasteiger partial charge in [-0.25, -0.2) is 0 Å². The third-order valence-electron chi connectivity index (χ3n) is 2.26. The number of hydrogen-bond donors (Lipinski definition) is 1. The van der Waals surface area contributed by atoms with Crippen molar-refractivity contribution in [3.63, 3.8) is 0 Å². The summed E-state index contributed by atoms with van der Waals surface area (Å²) in [6.07, 6.45) is -4.45. The Bertz CT molecular complexity index is 478. The number of carbonyl (C=O) groups excluding carboxylic acids is 1. The van der Waals surface area contributed by atoms with Gasteiger partial charge in [-0.1, -0.05) is 11.6 Å². The van der Waals surface area contributed by atoms with Gasteiger partial charge in [0.2, 0.25) is 5.91 Å². The molecule has 0 saturated carbocycles. The van der Waals surface area contributed by atoms with Crippen LogP contribution in [0.5, 0.6) is 5.75 Å². The Balaban J connectivity index is 2.77. The molecule has 0 unspecified atom stereocenters. The molecule has 0 saturated heterocycles. The van der Waals surface area contributed by atoms with Crippen LogP contribution < -0.4 is 10.1 Å². The van der Waals surface area contributed by atoms with E-state index in [9.17, 15) is 18.0 Å². The van der Waals surface area contributed by atoms with Crippen LogP contribution in [0.25, 0.3) is 0 Å². The molecule has 1 aromatic carbocycles. The Labute approximate surface area is 119 Å². The molecule has 1 N–H and O–H groups in total. The molecule has 1 rings (SSSR count). The van der Waals surface area contributed by atoms with Gasteiger partial charge in [-0.3, -0.25) is 4.79 Å². The second kappa shape index (κ2) is 6.69. The predicted molar refractivity (Wildman–Crippen MR) is 70.2 cm³/mol. The van der Waals surface area contributed by atoms with Crippen molar-refractivity contribution < 1.29 is 22.7 Å². The van der Waals surface area contributed by atoms with Gasteiger partial charge in [0.05, 0.1) is 12.2 Å². The number of hydrogen-bond acceptors (Lipinski definition) is 3. The number of ether oxygens (including phenoxy) is 1. The zero-order valence-corrected chi connectivity index (χ0v) is 11.7. The number of nitrogens with zero attached hydrogens (tertiary/aromatic N) is 1. The molecule has 0 fully saturated rings. The first-order chi connectivity index (χ1) is 9.19. The molecule has 0 heterocycles. The minimum atomic E-state index is -4.45. The fourth-order valence-corrected chi connectivity index (χ4v) is 1.41. The van der Waals surface area contributed by atoms with Crippen LogP contribution in [-0.2, 0) is 4.79 Å². The normalized spacial score (nSPS) is 11.1. The van der Waals surface area contributed by atoms with Gasteiger partial charge < -0.3 is 15.0 Å². The van der Waals surface area contributed by atoms with Crippen molar-refractivity contribution in [2.45, 2.75) is 6.18 Å². The number of rotatable bonds is 5. The summed E-state index contributed by atoms with van der Waals surface area (Å²) in [6.45, 7) is -1.49. The van der Waals surface area contributed by atoms with Crippen molar-refractivity contribution in [1.29, 1.82) is 0 Å². The minimum Gasteiger partial charge on any atom is -0.482 e. The number of amides is 1. The van der Waals surface area contributed by atoms with Gasteiger partial charge in [-0.05, 0) is 12.1 Å². The summed E-state index contributed by atoms with van der Waals surface area (Å²) in [5.74, 6) is -0.275. The standard InChI is InChI=1S/C12H14ClF3N2O2/c1-18(2)11(19)6-17-9-4-3-8(13)5-10(9)20-7-12(14,15)16/h3-5,17H,6-7H2,1-2H3. The number of carbonyl (C=O) groups is 1. The lowest BCUT2D eigenvalue weighted by molar-refractivity contribution is -0.153. The lowest BCUT2D eigenvalue weighted by atomic mass is 10.3. The number of likely N-dealkylation sites (N-methyl/N-ethyl adjacent to an activating group) is 1. The molecule has 112 valence electrons. The van der Waals surface area contributed by atoms with Gasteiger partial charge in [-0.15, -0.1) is 0 Å². The summed E-state index contributed by atoms with van der Waals surface area (Å²) in [5.41, 5.74) is 0.272. The summed E-state index contributed by atoms with van der Waals surface area (Å²) >= 11 is 5.72. The zero-order valence-electron chi connectivity index (χ0n) is 10.9. The fourth-order valence-electron chi connectivity index (χ4n) is 1.25. The van der Waals surface area contributed by atoms with Gasteiger partial charge in [-0.2, -0.15) is 13.2 Å². The Morgan fingerprint density at radius 1 is 1.40 bits per heavy atom. The summed E-state index contributed by atoms with van der Waals surface area (Å²) < 4.78 is 41.1. The third-order valence-corrected chi connectivity index (χ3v) is 2.50. The SMILES string of the molecule is CN(C)C(=O)CNc1ccc(Cl)cc1OCC(F)(F)F. The van der Waals surface area contributed by atoms with Crippen LogP contribution >= 0.6 is 11.6 Å². The molecule has 0 aliphatic rings. The maximum Gasteiger partial charge on any atom is 0.422 e. The molecule has 20 heavy (non-hydrogen) atoms. The van der Waals surface area contributed by atoms with E-state index < -0.39 is 12.8 Å². The van der Waals surface area contributed by atoms with Crippen LogP contribution in [0.15, 0.2) is 18.2 Å². The molecule has 8 heteroatoms. The Kier molecular flexibility index (Phi) is 5.50. The highest BCUT2D eigenvalue weighted by Crippen LogP contribution is 2.29. The maximum absolute atomic E-state index is 12.2. The van der Waals surface area contributed by atoms with Crippen molar-refractivity contribution in [2.24, 2.45) is 0 Å². The molecule has 0 atom stereocenters. The van der Waals surface area contributed by atoms with Crippen LogP contribution in [0.2, 0.25) is 5.02 Å². The monoisotopic (exact) mass is 310 g/mol. The molecule has 0 bridgehead atoms. The molecular formula is C12H14ClF3N2O2. The number of halogens is 4. The van der Waals surface area contributed by atoms with Crippen LogP contribution in [0.4, 0.5) is 18.9 Å². The number of nitrogens with one attached hydrogen (secondary N) is 1. The van der Waals surface area contributed by atoms with Gasteiger partial charge >= 0.3 is 6.18 Å².